The van der Waals surface area contributed by atoms with Crippen molar-refractivity contribution in [1.29, 1.82) is 0 Å². The zero-order valence-corrected chi connectivity index (χ0v) is 24.3. The van der Waals surface area contributed by atoms with Crippen LogP contribution >= 0.6 is 11.6 Å². The molecule has 2 fully saturated rings. The number of hydrogen-bond donors (Lipinski definition) is 1. The highest BCUT2D eigenvalue weighted by molar-refractivity contribution is 6.33. The number of likely N-dealkylation sites (tertiary alicyclic amines) is 1. The van der Waals surface area contributed by atoms with Gasteiger partial charge < -0.3 is 24.0 Å². The van der Waals surface area contributed by atoms with Gasteiger partial charge in [-0.25, -0.2) is 18.2 Å². The van der Waals surface area contributed by atoms with Crippen molar-refractivity contribution >= 4 is 45.1 Å². The largest absolute Gasteiger partial charge is 0.456 e. The monoisotopic (exact) mass is 632 g/mol. The van der Waals surface area contributed by atoms with Crippen LogP contribution < -0.4 is 14.4 Å². The summed E-state index contributed by atoms with van der Waals surface area (Å²) < 4.78 is 58.3. The third-order valence-electron chi connectivity index (χ3n) is 7.49. The van der Waals surface area contributed by atoms with Gasteiger partial charge in [0, 0.05) is 51.5 Å². The summed E-state index contributed by atoms with van der Waals surface area (Å²) in [7, 11) is 1.83. The molecule has 2 atom stereocenters. The van der Waals surface area contributed by atoms with Crippen LogP contribution in [0.2, 0.25) is 5.02 Å². The number of aromatic amines is 1. The maximum atomic E-state index is 14.7. The molecular formula is C28H28ClF3N8O4. The number of fused-ring (bicyclic) bond motifs is 2. The molecule has 1 unspecified atom stereocenters. The molecule has 0 saturated carbocycles. The lowest BCUT2D eigenvalue weighted by Crippen LogP contribution is -2.48. The summed E-state index contributed by atoms with van der Waals surface area (Å²) in [5, 5.41) is 7.37. The number of aromatic nitrogens is 5. The molecule has 0 radical (unpaired) electrons. The highest BCUT2D eigenvalue weighted by Gasteiger charge is 2.35. The van der Waals surface area contributed by atoms with Crippen LogP contribution in [0.4, 0.5) is 19.0 Å². The van der Waals surface area contributed by atoms with E-state index >= 15 is 0 Å². The Balaban J connectivity index is 1.40. The first-order chi connectivity index (χ1) is 21.2. The van der Waals surface area contributed by atoms with E-state index in [1.54, 1.807) is 11.0 Å². The highest BCUT2D eigenvalue weighted by atomic mass is 35.5. The van der Waals surface area contributed by atoms with Crippen molar-refractivity contribution in [3.63, 3.8) is 0 Å². The van der Waals surface area contributed by atoms with Gasteiger partial charge in [0.2, 0.25) is 11.8 Å². The molecule has 0 aliphatic carbocycles. The van der Waals surface area contributed by atoms with Crippen molar-refractivity contribution in [3.8, 4) is 17.6 Å². The Hall–Kier alpha value is -4.21. The van der Waals surface area contributed by atoms with Gasteiger partial charge in [0.25, 0.3) is 6.43 Å². The molecule has 16 heteroatoms. The Morgan fingerprint density at radius 3 is 2.73 bits per heavy atom. The predicted molar refractivity (Wildman–Crippen MR) is 155 cm³/mol. The number of nitrogens with one attached hydrogen (secondary N) is 1. The van der Waals surface area contributed by atoms with Gasteiger partial charge in [-0.1, -0.05) is 18.2 Å². The van der Waals surface area contributed by atoms with E-state index in [4.69, 9.17) is 30.8 Å². The van der Waals surface area contributed by atoms with Crippen molar-refractivity contribution in [3.05, 3.63) is 48.0 Å². The Morgan fingerprint density at radius 2 is 1.98 bits per heavy atom. The smallest absolute Gasteiger partial charge is 0.319 e. The number of H-pyrrole nitrogens is 1. The molecule has 5 heterocycles. The third-order valence-corrected chi connectivity index (χ3v) is 7.84. The van der Waals surface area contributed by atoms with E-state index in [2.05, 4.69) is 26.7 Å². The number of carbonyl (C=O) groups is 1. The molecule has 1 N–H and O–H groups in total. The maximum Gasteiger partial charge on any atom is 0.319 e. The molecule has 1 amide bonds. The SMILES string of the molecule is C=CC(=O)N1CCN(c2nc(OC3CN(C)C[C@H]3OCC(F)F)nc3c(Oc4c(Cl)c(F)cc5[nH]ncc45)nccc23)CC1. The van der Waals surface area contributed by atoms with Gasteiger partial charge in [0.15, 0.2) is 5.75 Å². The van der Waals surface area contributed by atoms with Gasteiger partial charge in [-0.05, 0) is 19.2 Å². The van der Waals surface area contributed by atoms with Crippen LogP contribution in [0.15, 0.2) is 37.2 Å². The first-order valence-electron chi connectivity index (χ1n) is 13.8. The number of piperazine rings is 1. The van der Waals surface area contributed by atoms with Gasteiger partial charge in [-0.3, -0.25) is 14.8 Å². The number of nitrogens with zero attached hydrogens (tertiary/aromatic N) is 7. The second kappa shape index (κ2) is 12.4. The third kappa shape index (κ3) is 5.94. The minimum Gasteiger partial charge on any atom is -0.456 e. The van der Waals surface area contributed by atoms with Crippen LogP contribution in [0.25, 0.3) is 21.8 Å². The van der Waals surface area contributed by atoms with E-state index in [9.17, 15) is 18.0 Å². The van der Waals surface area contributed by atoms with Crippen LogP contribution in [-0.4, -0.2) is 112 Å². The van der Waals surface area contributed by atoms with Gasteiger partial charge >= 0.3 is 6.01 Å². The molecule has 44 heavy (non-hydrogen) atoms. The first-order valence-corrected chi connectivity index (χ1v) is 14.2. The van der Waals surface area contributed by atoms with Crippen molar-refractivity contribution in [2.75, 3.05) is 57.8 Å². The van der Waals surface area contributed by atoms with E-state index in [1.807, 2.05) is 16.8 Å². The summed E-state index contributed by atoms with van der Waals surface area (Å²) in [4.78, 5) is 31.4. The van der Waals surface area contributed by atoms with Gasteiger partial charge in [-0.2, -0.15) is 15.1 Å². The number of carbonyl (C=O) groups excluding carboxylic acids is 1. The summed E-state index contributed by atoms with van der Waals surface area (Å²) in [6.07, 6.45) is 0.319. The zero-order valence-electron chi connectivity index (χ0n) is 23.6. The van der Waals surface area contributed by atoms with Gasteiger partial charge in [0.05, 0.1) is 22.5 Å². The predicted octanol–water partition coefficient (Wildman–Crippen LogP) is 3.66. The molecule has 6 rings (SSSR count). The Bertz CT molecular complexity index is 1700. The molecule has 2 saturated heterocycles. The van der Waals surface area contributed by atoms with E-state index in [-0.39, 0.29) is 34.1 Å². The second-order valence-corrected chi connectivity index (χ2v) is 10.8. The molecule has 12 nitrogen and oxygen atoms in total. The summed E-state index contributed by atoms with van der Waals surface area (Å²) in [6.45, 7) is 5.35. The number of benzene rings is 1. The Kier molecular flexibility index (Phi) is 8.42. The van der Waals surface area contributed by atoms with Crippen LogP contribution in [0.5, 0.6) is 17.6 Å². The van der Waals surface area contributed by atoms with Gasteiger partial charge in [0.1, 0.15) is 41.0 Å². The normalized spacial score (nSPS) is 19.3. The quantitative estimate of drug-likeness (QED) is 0.274. The van der Waals surface area contributed by atoms with Crippen LogP contribution in [-0.2, 0) is 9.53 Å². The lowest BCUT2D eigenvalue weighted by Gasteiger charge is -2.35. The molecule has 3 aromatic heterocycles. The van der Waals surface area contributed by atoms with Crippen molar-refractivity contribution in [1.82, 2.24) is 34.9 Å². The number of hydrogen-bond acceptors (Lipinski definition) is 10. The zero-order chi connectivity index (χ0) is 31.0. The number of rotatable bonds is 9. The van der Waals surface area contributed by atoms with Crippen molar-refractivity contribution in [2.45, 2.75) is 18.6 Å². The number of pyridine rings is 1. The minimum atomic E-state index is -2.63. The summed E-state index contributed by atoms with van der Waals surface area (Å²) in [6, 6.07) is 2.86. The fourth-order valence-electron chi connectivity index (χ4n) is 5.36. The standard InChI is InChI=1S/C28H28ClF3N8O4/c1-3-22(41)39-6-8-40(9-7-39)26-15-4-5-33-27(44-25-16-11-34-37-18(16)10-17(30)23(25)29)24(15)35-28(36-26)43-20-13-38(2)12-19(20)42-14-21(31)32/h3-5,10-11,19-21H,1,6-9,12-14H2,2H3,(H,34,37)/t19-,20?/m1/s1. The molecule has 2 aliphatic rings. The second-order valence-electron chi connectivity index (χ2n) is 10.4. The van der Waals surface area contributed by atoms with Crippen LogP contribution in [0.1, 0.15) is 0 Å². The molecular weight excluding hydrogens is 605 g/mol. The number of ether oxygens (including phenoxy) is 3. The fourth-order valence-corrected chi connectivity index (χ4v) is 5.56. The minimum absolute atomic E-state index is 0.000474. The highest BCUT2D eigenvalue weighted by Crippen LogP contribution is 2.40. The number of likely N-dealkylation sites (N-methyl/N-ethyl adjacent to an activating group) is 1. The lowest BCUT2D eigenvalue weighted by atomic mass is 10.2. The molecule has 0 spiro atoms. The summed E-state index contributed by atoms with van der Waals surface area (Å²) >= 11 is 6.31. The number of amides is 1. The van der Waals surface area contributed by atoms with Crippen molar-refractivity contribution in [2.24, 2.45) is 0 Å². The molecule has 4 aromatic rings. The van der Waals surface area contributed by atoms with Crippen LogP contribution in [0.3, 0.4) is 0 Å². The lowest BCUT2D eigenvalue weighted by molar-refractivity contribution is -0.126. The Labute approximate surface area is 254 Å². The molecule has 0 bridgehead atoms. The first kappa shape index (κ1) is 29.8. The summed E-state index contributed by atoms with van der Waals surface area (Å²) in [5.41, 5.74) is 0.610. The average Bonchev–Trinajstić information content (AvgIpc) is 3.63. The maximum absolute atomic E-state index is 14.7. The molecule has 232 valence electrons. The van der Waals surface area contributed by atoms with Gasteiger partial charge in [-0.15, -0.1) is 0 Å². The van der Waals surface area contributed by atoms with E-state index in [0.717, 1.165) is 0 Å². The molecule has 2 aliphatic heterocycles. The number of alkyl halides is 2. The van der Waals surface area contributed by atoms with E-state index < -0.39 is 31.1 Å². The van der Waals surface area contributed by atoms with Crippen molar-refractivity contribution < 1.29 is 32.2 Å². The summed E-state index contributed by atoms with van der Waals surface area (Å²) in [5.74, 6) is -0.407. The average molecular weight is 633 g/mol. The molecule has 1 aromatic carbocycles. The van der Waals surface area contributed by atoms with E-state index in [1.165, 1.54) is 24.5 Å². The Morgan fingerprint density at radius 1 is 1.20 bits per heavy atom. The van der Waals surface area contributed by atoms with E-state index in [0.29, 0.717) is 61.4 Å². The number of halogens is 4. The number of anilines is 1. The topological polar surface area (TPSA) is 122 Å². The fraction of sp³-hybridized carbons (Fsp3) is 0.393. The van der Waals surface area contributed by atoms with Crippen LogP contribution in [0, 0.1) is 5.82 Å².